The fourth-order valence-corrected chi connectivity index (χ4v) is 2.02. The summed E-state index contributed by atoms with van der Waals surface area (Å²) in [5.41, 5.74) is 0.886. The molecule has 2 aromatic rings. The molecule has 1 aromatic heterocycles. The summed E-state index contributed by atoms with van der Waals surface area (Å²) < 4.78 is 19.3. The highest BCUT2D eigenvalue weighted by Crippen LogP contribution is 2.29. The molecule has 1 aromatic carbocycles. The number of ether oxygens (including phenoxy) is 1. The molecule has 1 heterocycles. The van der Waals surface area contributed by atoms with Crippen molar-refractivity contribution in [2.45, 2.75) is 13.0 Å². The van der Waals surface area contributed by atoms with Crippen LogP contribution >= 0.6 is 11.6 Å². The number of hydrogen-bond donors (Lipinski definition) is 1. The largest absolute Gasteiger partial charge is 0.454 e. The molecule has 0 radical (unpaired) electrons. The van der Waals surface area contributed by atoms with Crippen molar-refractivity contribution >= 4 is 11.6 Å². The van der Waals surface area contributed by atoms with E-state index in [1.165, 1.54) is 18.3 Å². The van der Waals surface area contributed by atoms with Crippen LogP contribution in [0.25, 0.3) is 0 Å². The van der Waals surface area contributed by atoms with E-state index >= 15 is 0 Å². The topological polar surface area (TPSA) is 42.4 Å². The molecule has 0 aliphatic rings. The van der Waals surface area contributed by atoms with Gasteiger partial charge in [-0.2, -0.15) is 0 Å². The third-order valence-electron chi connectivity index (χ3n) is 3.02. The molecule has 3 nitrogen and oxygen atoms in total. The summed E-state index contributed by atoms with van der Waals surface area (Å²) in [5.74, 6) is -0.301. The van der Waals surface area contributed by atoms with Crippen molar-refractivity contribution in [3.8, 4) is 5.75 Å². The number of aliphatic hydroxyl groups is 1. The summed E-state index contributed by atoms with van der Waals surface area (Å²) in [6.07, 6.45) is 3.76. The fourth-order valence-electron chi connectivity index (χ4n) is 1.86. The quantitative estimate of drug-likeness (QED) is 0.654. The molecule has 5 heteroatoms. The van der Waals surface area contributed by atoms with Crippen LogP contribution in [0.4, 0.5) is 4.39 Å². The van der Waals surface area contributed by atoms with E-state index in [1.807, 2.05) is 0 Å². The van der Waals surface area contributed by atoms with Crippen LogP contribution in [0.2, 0.25) is 5.02 Å². The zero-order valence-electron chi connectivity index (χ0n) is 12.0. The van der Waals surface area contributed by atoms with Crippen LogP contribution in [0.3, 0.4) is 0 Å². The van der Waals surface area contributed by atoms with Gasteiger partial charge in [-0.3, -0.25) is 4.98 Å². The fraction of sp³-hybridized carbons (Fsp3) is 0.118. The van der Waals surface area contributed by atoms with Crippen LogP contribution < -0.4 is 4.74 Å². The normalized spacial score (nSPS) is 12.8. The van der Waals surface area contributed by atoms with E-state index in [9.17, 15) is 9.50 Å². The monoisotopic (exact) mass is 319 g/mol. The Balaban J connectivity index is 2.20. The van der Waals surface area contributed by atoms with Gasteiger partial charge in [-0.05, 0) is 37.3 Å². The van der Waals surface area contributed by atoms with E-state index in [1.54, 1.807) is 31.3 Å². The van der Waals surface area contributed by atoms with E-state index in [2.05, 4.69) is 11.6 Å². The number of aromatic nitrogens is 1. The lowest BCUT2D eigenvalue weighted by atomic mass is 10.0. The lowest BCUT2D eigenvalue weighted by Gasteiger charge is -2.17. The van der Waals surface area contributed by atoms with Crippen molar-refractivity contribution in [3.05, 3.63) is 83.1 Å². The maximum atomic E-state index is 13.8. The Bertz CT molecular complexity index is 701. The zero-order valence-corrected chi connectivity index (χ0v) is 12.7. The Morgan fingerprint density at radius 1 is 1.45 bits per heavy atom. The number of allylic oxidation sites excluding steroid dienone is 1. The Kier molecular flexibility index (Phi) is 5.31. The van der Waals surface area contributed by atoms with Crippen LogP contribution in [0, 0.1) is 5.82 Å². The van der Waals surface area contributed by atoms with Crippen molar-refractivity contribution in [3.63, 3.8) is 0 Å². The lowest BCUT2D eigenvalue weighted by molar-refractivity contribution is 0.208. The third-order valence-corrected chi connectivity index (χ3v) is 3.26. The molecule has 0 amide bonds. The van der Waals surface area contributed by atoms with Crippen molar-refractivity contribution in [1.82, 2.24) is 4.98 Å². The van der Waals surface area contributed by atoms with Gasteiger partial charge in [-0.1, -0.05) is 24.2 Å². The number of rotatable bonds is 5. The number of aliphatic hydroxyl groups excluding tert-OH is 1. The molecule has 114 valence electrons. The molecule has 0 fully saturated rings. The first-order chi connectivity index (χ1) is 10.5. The van der Waals surface area contributed by atoms with Gasteiger partial charge in [0.1, 0.15) is 11.9 Å². The van der Waals surface area contributed by atoms with Gasteiger partial charge in [0, 0.05) is 28.6 Å². The lowest BCUT2D eigenvalue weighted by Crippen LogP contribution is -2.08. The highest BCUT2D eigenvalue weighted by Gasteiger charge is 2.18. The first-order valence-corrected chi connectivity index (χ1v) is 6.97. The predicted molar refractivity (Wildman–Crippen MR) is 84.1 cm³/mol. The second-order valence-electron chi connectivity index (χ2n) is 4.54. The zero-order chi connectivity index (χ0) is 16.1. The van der Waals surface area contributed by atoms with Gasteiger partial charge in [-0.25, -0.2) is 4.39 Å². The minimum absolute atomic E-state index is 0.0111. The summed E-state index contributed by atoms with van der Waals surface area (Å²) in [6, 6.07) is 7.53. The molecular formula is C17H15ClFNO2. The van der Waals surface area contributed by atoms with Crippen LogP contribution in [-0.4, -0.2) is 10.1 Å². The highest BCUT2D eigenvalue weighted by molar-refractivity contribution is 6.30. The Labute approximate surface area is 133 Å². The molecule has 1 unspecified atom stereocenters. The van der Waals surface area contributed by atoms with Crippen molar-refractivity contribution < 1.29 is 14.2 Å². The van der Waals surface area contributed by atoms with E-state index in [4.69, 9.17) is 16.3 Å². The Morgan fingerprint density at radius 3 is 2.82 bits per heavy atom. The Hall–Kier alpha value is -2.17. The molecule has 0 spiro atoms. The van der Waals surface area contributed by atoms with Crippen LogP contribution in [0.15, 0.2) is 66.7 Å². The number of pyridine rings is 1. The summed E-state index contributed by atoms with van der Waals surface area (Å²) in [6.45, 7) is 5.54. The van der Waals surface area contributed by atoms with Crippen LogP contribution in [0.1, 0.15) is 18.6 Å². The molecule has 0 saturated heterocycles. The third kappa shape index (κ3) is 3.72. The summed E-state index contributed by atoms with van der Waals surface area (Å²) in [7, 11) is 0. The number of hydrogen-bond acceptors (Lipinski definition) is 3. The minimum atomic E-state index is -0.990. The average Bonchev–Trinajstić information content (AvgIpc) is 2.54. The highest BCUT2D eigenvalue weighted by atomic mass is 35.5. The van der Waals surface area contributed by atoms with Gasteiger partial charge in [0.2, 0.25) is 0 Å². The molecule has 0 saturated carbocycles. The number of nitrogens with zero attached hydrogens (tertiary/aromatic N) is 1. The van der Waals surface area contributed by atoms with Gasteiger partial charge in [0.25, 0.3) is 0 Å². The van der Waals surface area contributed by atoms with E-state index in [0.29, 0.717) is 11.1 Å². The molecule has 0 aliphatic carbocycles. The van der Waals surface area contributed by atoms with Gasteiger partial charge in [-0.15, -0.1) is 0 Å². The van der Waals surface area contributed by atoms with Crippen molar-refractivity contribution in [2.24, 2.45) is 0 Å². The van der Waals surface area contributed by atoms with Gasteiger partial charge in [0.15, 0.2) is 11.6 Å². The maximum Gasteiger partial charge on any atom is 0.167 e. The average molecular weight is 320 g/mol. The molecule has 1 N–H and O–H groups in total. The van der Waals surface area contributed by atoms with Crippen molar-refractivity contribution in [2.75, 3.05) is 0 Å². The molecular weight excluding hydrogens is 305 g/mol. The first kappa shape index (κ1) is 16.2. The second kappa shape index (κ2) is 7.20. The summed E-state index contributed by atoms with van der Waals surface area (Å²) in [4.78, 5) is 3.95. The summed E-state index contributed by atoms with van der Waals surface area (Å²) in [5, 5.41) is 10.6. The summed E-state index contributed by atoms with van der Waals surface area (Å²) >= 11 is 5.71. The van der Waals surface area contributed by atoms with Gasteiger partial charge in [0.05, 0.1) is 0 Å². The van der Waals surface area contributed by atoms with Crippen molar-refractivity contribution in [1.29, 1.82) is 0 Å². The standard InChI is InChI=1S/C17H15ClFNO2/c1-3-15(22-16-7-6-13(18)9-14(16)19)11(2)17(21)12-5-4-8-20-10-12/h3-10,17,21H,2H2,1H3/b15-3-. The molecule has 1 atom stereocenters. The van der Waals surface area contributed by atoms with E-state index < -0.39 is 11.9 Å². The Morgan fingerprint density at radius 2 is 2.23 bits per heavy atom. The van der Waals surface area contributed by atoms with Crippen LogP contribution in [0.5, 0.6) is 5.75 Å². The molecule has 22 heavy (non-hydrogen) atoms. The van der Waals surface area contributed by atoms with Gasteiger partial charge < -0.3 is 9.84 Å². The minimum Gasteiger partial charge on any atom is -0.454 e. The molecule has 0 aliphatic heterocycles. The van der Waals surface area contributed by atoms with Crippen LogP contribution in [-0.2, 0) is 0 Å². The smallest absolute Gasteiger partial charge is 0.167 e. The van der Waals surface area contributed by atoms with Gasteiger partial charge >= 0.3 is 0 Å². The first-order valence-electron chi connectivity index (χ1n) is 6.59. The van der Waals surface area contributed by atoms with E-state index in [0.717, 1.165) is 6.07 Å². The maximum absolute atomic E-state index is 13.8. The molecule has 0 bridgehead atoms. The SMILES string of the molecule is C=C(/C(=C/C)Oc1ccc(Cl)cc1F)C(O)c1cccnc1. The predicted octanol–water partition coefficient (Wildman–Crippen LogP) is 4.45. The van der Waals surface area contributed by atoms with E-state index in [-0.39, 0.29) is 16.5 Å². The number of halogens is 2. The second-order valence-corrected chi connectivity index (χ2v) is 4.98. The molecule has 2 rings (SSSR count). The number of benzene rings is 1.